The van der Waals surface area contributed by atoms with E-state index in [1.54, 1.807) is 20.8 Å². The quantitative estimate of drug-likeness (QED) is 0.661. The summed E-state index contributed by atoms with van der Waals surface area (Å²) >= 11 is 0. The summed E-state index contributed by atoms with van der Waals surface area (Å²) < 4.78 is 65.7. The van der Waals surface area contributed by atoms with Gasteiger partial charge in [-0.05, 0) is 18.2 Å². The van der Waals surface area contributed by atoms with Gasteiger partial charge < -0.3 is 0 Å². The number of aromatic nitrogens is 5. The maximum Gasteiger partial charge on any atom is 0.435 e. The SMILES string of the molecule is CC(C)(C)c1nc(-c2cc(C(F)(F)F)n[nH]2)nc(-c2ccc(F)cc2F)n1. The third kappa shape index (κ3) is 3.93. The van der Waals surface area contributed by atoms with Crippen molar-refractivity contribution in [3.8, 4) is 22.9 Å². The number of nitrogens with one attached hydrogen (secondary N) is 1. The Kier molecular flexibility index (Phi) is 4.44. The zero-order valence-corrected chi connectivity index (χ0v) is 14.5. The van der Waals surface area contributed by atoms with E-state index in [4.69, 9.17) is 0 Å². The Hall–Kier alpha value is -2.91. The molecule has 0 bridgehead atoms. The lowest BCUT2D eigenvalue weighted by Gasteiger charge is -2.18. The number of H-pyrrole nitrogens is 1. The second-order valence-corrected chi connectivity index (χ2v) is 6.85. The molecule has 0 spiro atoms. The first kappa shape index (κ1) is 18.9. The van der Waals surface area contributed by atoms with Gasteiger partial charge in [-0.2, -0.15) is 18.3 Å². The molecule has 3 rings (SSSR count). The second-order valence-electron chi connectivity index (χ2n) is 6.85. The number of alkyl halides is 3. The molecule has 3 aromatic rings. The van der Waals surface area contributed by atoms with Gasteiger partial charge in [-0.3, -0.25) is 5.10 Å². The van der Waals surface area contributed by atoms with Gasteiger partial charge >= 0.3 is 6.18 Å². The van der Waals surface area contributed by atoms with Crippen molar-refractivity contribution < 1.29 is 22.0 Å². The minimum absolute atomic E-state index is 0.0962. The van der Waals surface area contributed by atoms with Gasteiger partial charge in [0.05, 0.1) is 5.56 Å². The van der Waals surface area contributed by atoms with Crippen molar-refractivity contribution in [1.82, 2.24) is 25.1 Å². The molecule has 0 radical (unpaired) electrons. The van der Waals surface area contributed by atoms with E-state index in [-0.39, 0.29) is 28.7 Å². The number of halogens is 5. The Labute approximate surface area is 150 Å². The van der Waals surface area contributed by atoms with Crippen molar-refractivity contribution in [2.75, 3.05) is 0 Å². The van der Waals surface area contributed by atoms with Crippen LogP contribution in [0, 0.1) is 11.6 Å². The van der Waals surface area contributed by atoms with Crippen molar-refractivity contribution >= 4 is 0 Å². The van der Waals surface area contributed by atoms with E-state index in [1.165, 1.54) is 0 Å². The molecule has 27 heavy (non-hydrogen) atoms. The maximum atomic E-state index is 14.1. The molecule has 2 aromatic heterocycles. The highest BCUT2D eigenvalue weighted by molar-refractivity contribution is 5.60. The molecular formula is C17H14F5N5. The molecule has 0 unspecified atom stereocenters. The average molecular weight is 383 g/mol. The molecule has 2 heterocycles. The molecule has 0 amide bonds. The highest BCUT2D eigenvalue weighted by Gasteiger charge is 2.34. The van der Waals surface area contributed by atoms with Gasteiger partial charge in [0.15, 0.2) is 17.3 Å². The molecular weight excluding hydrogens is 369 g/mol. The van der Waals surface area contributed by atoms with Gasteiger partial charge in [-0.25, -0.2) is 23.7 Å². The van der Waals surface area contributed by atoms with Crippen LogP contribution in [0.3, 0.4) is 0 Å². The highest BCUT2D eigenvalue weighted by atomic mass is 19.4. The Morgan fingerprint density at radius 1 is 0.889 bits per heavy atom. The van der Waals surface area contributed by atoms with E-state index >= 15 is 0 Å². The number of hydrogen-bond donors (Lipinski definition) is 1. The molecule has 5 nitrogen and oxygen atoms in total. The standard InChI is InChI=1S/C17H14F5N5/c1-16(2,3)15-24-13(9-5-4-8(18)6-10(9)19)23-14(25-15)11-7-12(27-26-11)17(20,21)22/h4-7H,1-3H3,(H,26,27). The van der Waals surface area contributed by atoms with Crippen LogP contribution in [0.4, 0.5) is 22.0 Å². The number of nitrogens with zero attached hydrogens (tertiary/aromatic N) is 4. The molecule has 0 saturated carbocycles. The van der Waals surface area contributed by atoms with Crippen LogP contribution >= 0.6 is 0 Å². The smallest absolute Gasteiger partial charge is 0.274 e. The molecule has 1 N–H and O–H groups in total. The van der Waals surface area contributed by atoms with Crippen LogP contribution in [-0.2, 0) is 11.6 Å². The summed E-state index contributed by atoms with van der Waals surface area (Å²) in [5, 5.41) is 5.45. The monoisotopic (exact) mass is 383 g/mol. The second kappa shape index (κ2) is 6.36. The predicted molar refractivity (Wildman–Crippen MR) is 86.5 cm³/mol. The summed E-state index contributed by atoms with van der Waals surface area (Å²) in [7, 11) is 0. The van der Waals surface area contributed by atoms with Gasteiger partial charge in [0, 0.05) is 11.5 Å². The van der Waals surface area contributed by atoms with Gasteiger partial charge in [-0.1, -0.05) is 20.8 Å². The van der Waals surface area contributed by atoms with Gasteiger partial charge in [0.1, 0.15) is 23.2 Å². The van der Waals surface area contributed by atoms with Crippen LogP contribution in [0.5, 0.6) is 0 Å². The number of benzene rings is 1. The van der Waals surface area contributed by atoms with Crippen molar-refractivity contribution in [2.24, 2.45) is 0 Å². The predicted octanol–water partition coefficient (Wildman–Crippen LogP) is 4.52. The fourth-order valence-corrected chi connectivity index (χ4v) is 2.20. The van der Waals surface area contributed by atoms with E-state index < -0.39 is 28.9 Å². The third-order valence-electron chi connectivity index (χ3n) is 3.59. The van der Waals surface area contributed by atoms with Gasteiger partial charge in [0.25, 0.3) is 0 Å². The van der Waals surface area contributed by atoms with Crippen molar-refractivity contribution in [3.05, 3.63) is 47.4 Å². The van der Waals surface area contributed by atoms with Crippen LogP contribution in [0.2, 0.25) is 0 Å². The van der Waals surface area contributed by atoms with E-state index in [0.717, 1.165) is 18.2 Å². The number of hydrogen-bond acceptors (Lipinski definition) is 4. The summed E-state index contributed by atoms with van der Waals surface area (Å²) in [6.07, 6.45) is -4.64. The first-order valence-corrected chi connectivity index (χ1v) is 7.80. The summed E-state index contributed by atoms with van der Waals surface area (Å²) in [5.41, 5.74) is -1.93. The molecule has 0 fully saturated rings. The average Bonchev–Trinajstić information content (AvgIpc) is 3.04. The lowest BCUT2D eigenvalue weighted by molar-refractivity contribution is -0.141. The molecule has 0 atom stereocenters. The van der Waals surface area contributed by atoms with Crippen LogP contribution < -0.4 is 0 Å². The van der Waals surface area contributed by atoms with Crippen molar-refractivity contribution in [3.63, 3.8) is 0 Å². The minimum Gasteiger partial charge on any atom is -0.274 e. The first-order valence-electron chi connectivity index (χ1n) is 7.80. The molecule has 0 saturated heterocycles. The zero-order valence-electron chi connectivity index (χ0n) is 14.5. The van der Waals surface area contributed by atoms with Crippen molar-refractivity contribution in [2.45, 2.75) is 32.4 Å². The Balaban J connectivity index is 2.19. The topological polar surface area (TPSA) is 67.3 Å². The normalized spacial score (nSPS) is 12.4. The Morgan fingerprint density at radius 2 is 1.56 bits per heavy atom. The largest absolute Gasteiger partial charge is 0.435 e. The zero-order chi connectivity index (χ0) is 20.0. The lowest BCUT2D eigenvalue weighted by Crippen LogP contribution is -2.18. The minimum atomic E-state index is -4.64. The van der Waals surface area contributed by atoms with Crippen LogP contribution in [-0.4, -0.2) is 25.1 Å². The van der Waals surface area contributed by atoms with Crippen molar-refractivity contribution in [1.29, 1.82) is 0 Å². The summed E-state index contributed by atoms with van der Waals surface area (Å²) in [6, 6.07) is 3.63. The van der Waals surface area contributed by atoms with E-state index in [2.05, 4.69) is 25.1 Å². The summed E-state index contributed by atoms with van der Waals surface area (Å²) in [6.45, 7) is 5.35. The first-order chi connectivity index (χ1) is 12.4. The third-order valence-corrected chi connectivity index (χ3v) is 3.59. The van der Waals surface area contributed by atoms with Crippen LogP contribution in [0.1, 0.15) is 32.3 Å². The van der Waals surface area contributed by atoms with E-state index in [0.29, 0.717) is 6.07 Å². The van der Waals surface area contributed by atoms with Crippen LogP contribution in [0.15, 0.2) is 24.3 Å². The lowest BCUT2D eigenvalue weighted by atomic mass is 9.95. The van der Waals surface area contributed by atoms with Gasteiger partial charge in [0.2, 0.25) is 0 Å². The summed E-state index contributed by atoms with van der Waals surface area (Å²) in [5.74, 6) is -1.69. The Bertz CT molecular complexity index is 988. The molecule has 142 valence electrons. The number of rotatable bonds is 2. The molecule has 0 aliphatic heterocycles. The van der Waals surface area contributed by atoms with E-state index in [9.17, 15) is 22.0 Å². The summed E-state index contributed by atoms with van der Waals surface area (Å²) in [4.78, 5) is 12.4. The molecule has 10 heteroatoms. The van der Waals surface area contributed by atoms with Gasteiger partial charge in [-0.15, -0.1) is 0 Å². The highest BCUT2D eigenvalue weighted by Crippen LogP contribution is 2.31. The Morgan fingerprint density at radius 3 is 2.11 bits per heavy atom. The maximum absolute atomic E-state index is 14.1. The number of aromatic amines is 1. The molecule has 0 aliphatic carbocycles. The fourth-order valence-electron chi connectivity index (χ4n) is 2.20. The van der Waals surface area contributed by atoms with E-state index in [1.807, 2.05) is 0 Å². The molecule has 0 aliphatic rings. The fraction of sp³-hybridized carbons (Fsp3) is 0.294. The van der Waals surface area contributed by atoms with Crippen LogP contribution in [0.25, 0.3) is 22.9 Å². The molecule has 1 aromatic carbocycles.